The van der Waals surface area contributed by atoms with Crippen molar-refractivity contribution in [2.24, 2.45) is 0 Å². The van der Waals surface area contributed by atoms with E-state index >= 15 is 0 Å². The zero-order valence-corrected chi connectivity index (χ0v) is 8.64. The van der Waals surface area contributed by atoms with Gasteiger partial charge in [0, 0.05) is 4.70 Å². The Morgan fingerprint density at radius 2 is 2.29 bits per heavy atom. The van der Waals surface area contributed by atoms with Crippen LogP contribution in [0, 0.1) is 0 Å². The van der Waals surface area contributed by atoms with Gasteiger partial charge in [-0.05, 0) is 35.9 Å². The molecule has 1 aromatic heterocycles. The van der Waals surface area contributed by atoms with Crippen LogP contribution in [-0.4, -0.2) is 12.6 Å². The first-order valence-electron chi connectivity index (χ1n) is 4.45. The Kier molecular flexibility index (Phi) is 2.50. The molecular weight excluding hydrogens is 196 g/mol. The molecule has 0 aliphatic rings. The third kappa shape index (κ3) is 1.63. The zero-order chi connectivity index (χ0) is 9.97. The lowest BCUT2D eigenvalue weighted by atomic mass is 10.2. The van der Waals surface area contributed by atoms with Crippen LogP contribution in [0.25, 0.3) is 10.1 Å². The highest BCUT2D eigenvalue weighted by Gasteiger charge is 2.06. The van der Waals surface area contributed by atoms with Crippen LogP contribution in [0.5, 0.6) is 0 Å². The molecule has 2 aromatic rings. The van der Waals surface area contributed by atoms with Crippen molar-refractivity contribution < 1.29 is 9.53 Å². The standard InChI is InChI=1S/C11H10O2S/c1-2-13-11(12)9-4-3-8-5-6-14-10(8)7-9/h3-7H,2H2,1H3. The zero-order valence-electron chi connectivity index (χ0n) is 7.82. The minimum Gasteiger partial charge on any atom is -0.462 e. The van der Waals surface area contributed by atoms with Gasteiger partial charge < -0.3 is 4.74 Å². The SMILES string of the molecule is CCOC(=O)c1ccc2ccsc2c1. The van der Waals surface area contributed by atoms with E-state index in [1.165, 1.54) is 5.39 Å². The Labute approximate surface area is 86.1 Å². The second-order valence-electron chi connectivity index (χ2n) is 2.89. The number of hydrogen-bond donors (Lipinski definition) is 0. The largest absolute Gasteiger partial charge is 0.462 e. The Balaban J connectivity index is 2.38. The first-order chi connectivity index (χ1) is 6.81. The number of benzene rings is 1. The molecule has 3 heteroatoms. The maximum Gasteiger partial charge on any atom is 0.338 e. The van der Waals surface area contributed by atoms with Gasteiger partial charge in [-0.15, -0.1) is 11.3 Å². The number of carbonyl (C=O) groups excluding carboxylic acids is 1. The molecule has 0 spiro atoms. The van der Waals surface area contributed by atoms with Crippen molar-refractivity contribution in [1.82, 2.24) is 0 Å². The first-order valence-corrected chi connectivity index (χ1v) is 5.33. The maximum atomic E-state index is 11.4. The van der Waals surface area contributed by atoms with Gasteiger partial charge in [0.1, 0.15) is 0 Å². The topological polar surface area (TPSA) is 26.3 Å². The molecule has 1 aromatic carbocycles. The van der Waals surface area contributed by atoms with Gasteiger partial charge in [-0.2, -0.15) is 0 Å². The third-order valence-electron chi connectivity index (χ3n) is 1.97. The molecule has 0 N–H and O–H groups in total. The maximum absolute atomic E-state index is 11.4. The summed E-state index contributed by atoms with van der Waals surface area (Å²) in [6.45, 7) is 2.23. The van der Waals surface area contributed by atoms with Gasteiger partial charge in [0.15, 0.2) is 0 Å². The molecule has 2 rings (SSSR count). The van der Waals surface area contributed by atoms with E-state index in [0.29, 0.717) is 12.2 Å². The number of rotatable bonds is 2. The molecule has 0 atom stereocenters. The van der Waals surface area contributed by atoms with Crippen LogP contribution in [0.1, 0.15) is 17.3 Å². The summed E-state index contributed by atoms with van der Waals surface area (Å²) < 4.78 is 6.04. The normalized spacial score (nSPS) is 10.4. The van der Waals surface area contributed by atoms with Crippen molar-refractivity contribution in [3.05, 3.63) is 35.2 Å². The first kappa shape index (κ1) is 9.21. The highest BCUT2D eigenvalue weighted by atomic mass is 32.1. The van der Waals surface area contributed by atoms with Crippen molar-refractivity contribution in [3.8, 4) is 0 Å². The van der Waals surface area contributed by atoms with Crippen LogP contribution < -0.4 is 0 Å². The molecule has 2 nitrogen and oxygen atoms in total. The van der Waals surface area contributed by atoms with Gasteiger partial charge in [-0.3, -0.25) is 0 Å². The summed E-state index contributed by atoms with van der Waals surface area (Å²) in [6.07, 6.45) is 0. The summed E-state index contributed by atoms with van der Waals surface area (Å²) in [4.78, 5) is 11.4. The molecule has 0 aliphatic carbocycles. The summed E-state index contributed by atoms with van der Waals surface area (Å²) >= 11 is 1.63. The van der Waals surface area contributed by atoms with Gasteiger partial charge in [0.2, 0.25) is 0 Å². The predicted molar refractivity (Wildman–Crippen MR) is 57.8 cm³/mol. The smallest absolute Gasteiger partial charge is 0.338 e. The van der Waals surface area contributed by atoms with Crippen molar-refractivity contribution in [3.63, 3.8) is 0 Å². The molecule has 0 amide bonds. The van der Waals surface area contributed by atoms with Gasteiger partial charge in [-0.1, -0.05) is 6.07 Å². The summed E-state index contributed by atoms with van der Waals surface area (Å²) in [7, 11) is 0. The fourth-order valence-corrected chi connectivity index (χ4v) is 2.12. The molecule has 0 saturated heterocycles. The Hall–Kier alpha value is -1.35. The van der Waals surface area contributed by atoms with E-state index in [4.69, 9.17) is 4.74 Å². The number of ether oxygens (including phenoxy) is 1. The van der Waals surface area contributed by atoms with Crippen molar-refractivity contribution >= 4 is 27.4 Å². The van der Waals surface area contributed by atoms with E-state index in [0.717, 1.165) is 4.70 Å². The van der Waals surface area contributed by atoms with E-state index in [9.17, 15) is 4.79 Å². The number of thiophene rings is 1. The lowest BCUT2D eigenvalue weighted by molar-refractivity contribution is 0.0526. The second-order valence-corrected chi connectivity index (χ2v) is 3.84. The number of carbonyl (C=O) groups is 1. The quantitative estimate of drug-likeness (QED) is 0.706. The highest BCUT2D eigenvalue weighted by Crippen LogP contribution is 2.22. The molecule has 1 heterocycles. The molecule has 0 saturated carbocycles. The van der Waals surface area contributed by atoms with Crippen molar-refractivity contribution in [1.29, 1.82) is 0 Å². The van der Waals surface area contributed by atoms with Crippen LogP contribution in [-0.2, 0) is 4.74 Å². The van der Waals surface area contributed by atoms with E-state index in [2.05, 4.69) is 0 Å². The van der Waals surface area contributed by atoms with Gasteiger partial charge in [0.25, 0.3) is 0 Å². The van der Waals surface area contributed by atoms with Crippen molar-refractivity contribution in [2.45, 2.75) is 6.92 Å². The van der Waals surface area contributed by atoms with Gasteiger partial charge >= 0.3 is 5.97 Å². The second kappa shape index (κ2) is 3.80. The van der Waals surface area contributed by atoms with E-state index < -0.39 is 0 Å². The summed E-state index contributed by atoms with van der Waals surface area (Å²) in [5.74, 6) is -0.247. The molecule has 0 fully saturated rings. The molecule has 0 bridgehead atoms. The lowest BCUT2D eigenvalue weighted by Crippen LogP contribution is -2.03. The van der Waals surface area contributed by atoms with E-state index in [1.54, 1.807) is 17.4 Å². The molecule has 0 radical (unpaired) electrons. The van der Waals surface area contributed by atoms with E-state index in [1.807, 2.05) is 30.5 Å². The molecule has 0 unspecified atom stereocenters. The van der Waals surface area contributed by atoms with Crippen LogP contribution in [0.15, 0.2) is 29.6 Å². The molecule has 72 valence electrons. The minimum absolute atomic E-state index is 0.247. The highest BCUT2D eigenvalue weighted by molar-refractivity contribution is 7.17. The fraction of sp³-hybridized carbons (Fsp3) is 0.182. The lowest BCUT2D eigenvalue weighted by Gasteiger charge is -2.00. The Morgan fingerprint density at radius 3 is 3.07 bits per heavy atom. The van der Waals surface area contributed by atoms with Crippen LogP contribution >= 0.6 is 11.3 Å². The minimum atomic E-state index is -0.247. The van der Waals surface area contributed by atoms with Gasteiger partial charge in [0.05, 0.1) is 12.2 Å². The average molecular weight is 206 g/mol. The summed E-state index contributed by atoms with van der Waals surface area (Å²) in [6, 6.07) is 7.65. The number of fused-ring (bicyclic) bond motifs is 1. The average Bonchev–Trinajstić information content (AvgIpc) is 2.64. The summed E-state index contributed by atoms with van der Waals surface area (Å²) in [5.41, 5.74) is 0.627. The van der Waals surface area contributed by atoms with Crippen LogP contribution in [0.3, 0.4) is 0 Å². The molecule has 14 heavy (non-hydrogen) atoms. The predicted octanol–water partition coefficient (Wildman–Crippen LogP) is 3.08. The third-order valence-corrected chi connectivity index (χ3v) is 2.85. The molecule has 0 aliphatic heterocycles. The number of esters is 1. The monoisotopic (exact) mass is 206 g/mol. The Bertz CT molecular complexity index is 459. The van der Waals surface area contributed by atoms with Crippen molar-refractivity contribution in [2.75, 3.05) is 6.61 Å². The number of hydrogen-bond acceptors (Lipinski definition) is 3. The fourth-order valence-electron chi connectivity index (χ4n) is 1.30. The Morgan fingerprint density at radius 1 is 1.43 bits per heavy atom. The van der Waals surface area contributed by atoms with Gasteiger partial charge in [-0.25, -0.2) is 4.79 Å². The van der Waals surface area contributed by atoms with Crippen LogP contribution in [0.4, 0.5) is 0 Å². The van der Waals surface area contributed by atoms with Crippen LogP contribution in [0.2, 0.25) is 0 Å². The molecular formula is C11H10O2S. The summed E-state index contributed by atoms with van der Waals surface area (Å²) in [5, 5.41) is 3.18. The van der Waals surface area contributed by atoms with E-state index in [-0.39, 0.29) is 5.97 Å².